The van der Waals surface area contributed by atoms with Gasteiger partial charge >= 0.3 is 6.43 Å². The van der Waals surface area contributed by atoms with Gasteiger partial charge in [-0.05, 0) is 18.2 Å². The van der Waals surface area contributed by atoms with Crippen LogP contribution in [0.25, 0.3) is 22.7 Å². The fourth-order valence-electron chi connectivity index (χ4n) is 2.24. The second-order valence-electron chi connectivity index (χ2n) is 5.32. The van der Waals surface area contributed by atoms with Crippen LogP contribution >= 0.6 is 11.3 Å². The molecule has 4 rings (SSSR count). The number of halogens is 2. The lowest BCUT2D eigenvalue weighted by Crippen LogP contribution is -1.98. The van der Waals surface area contributed by atoms with Crippen molar-refractivity contribution >= 4 is 17.2 Å². The topological polar surface area (TPSA) is 109 Å². The predicted octanol–water partition coefficient (Wildman–Crippen LogP) is 3.02. The van der Waals surface area contributed by atoms with Crippen LogP contribution in [0.15, 0.2) is 40.4 Å². The summed E-state index contributed by atoms with van der Waals surface area (Å²) in [4.78, 5) is 4.96. The van der Waals surface area contributed by atoms with Gasteiger partial charge in [-0.2, -0.15) is 8.78 Å². The maximum Gasteiger partial charge on any atom is 0.314 e. The van der Waals surface area contributed by atoms with Gasteiger partial charge in [-0.1, -0.05) is 5.21 Å². The first-order valence-corrected chi connectivity index (χ1v) is 8.28. The first kappa shape index (κ1) is 16.3. The summed E-state index contributed by atoms with van der Waals surface area (Å²) in [5.74, 6) is -0.191. The van der Waals surface area contributed by atoms with Crippen molar-refractivity contribution in [1.29, 1.82) is 0 Å². The Balaban J connectivity index is 1.50. The highest BCUT2D eigenvalue weighted by Crippen LogP contribution is 2.27. The van der Waals surface area contributed by atoms with Crippen molar-refractivity contribution in [2.24, 2.45) is 0 Å². The zero-order valence-corrected chi connectivity index (χ0v) is 13.9. The van der Waals surface area contributed by atoms with E-state index < -0.39 is 12.3 Å². The van der Waals surface area contributed by atoms with E-state index in [1.54, 1.807) is 34.6 Å². The number of nitrogen functional groups attached to an aromatic ring is 1. The molecule has 0 aliphatic carbocycles. The molecule has 26 heavy (non-hydrogen) atoms. The van der Waals surface area contributed by atoms with E-state index in [2.05, 4.69) is 25.5 Å². The minimum absolute atomic E-state index is 0.0648. The predicted molar refractivity (Wildman–Crippen MR) is 89.3 cm³/mol. The molecule has 0 fully saturated rings. The highest BCUT2D eigenvalue weighted by molar-refractivity contribution is 7.10. The molecule has 11 heteroatoms. The van der Waals surface area contributed by atoms with Crippen LogP contribution in [0.2, 0.25) is 0 Å². The Labute approximate surface area is 149 Å². The van der Waals surface area contributed by atoms with Gasteiger partial charge in [-0.25, -0.2) is 9.67 Å². The molecule has 0 spiro atoms. The zero-order chi connectivity index (χ0) is 18.1. The number of hydrogen-bond donors (Lipinski definition) is 1. The molecule has 2 N–H and O–H groups in total. The van der Waals surface area contributed by atoms with Crippen LogP contribution in [0.5, 0.6) is 0 Å². The fourth-order valence-corrected chi connectivity index (χ4v) is 3.09. The maximum atomic E-state index is 12.5. The molecule has 0 bridgehead atoms. The van der Waals surface area contributed by atoms with Crippen molar-refractivity contribution in [3.05, 3.63) is 46.7 Å². The van der Waals surface area contributed by atoms with Crippen LogP contribution in [0.1, 0.15) is 17.2 Å². The Kier molecular flexibility index (Phi) is 4.13. The first-order valence-electron chi connectivity index (χ1n) is 7.40. The largest absolute Gasteiger partial charge is 0.415 e. The van der Waals surface area contributed by atoms with Gasteiger partial charge < -0.3 is 10.2 Å². The number of thiophene rings is 1. The maximum absolute atomic E-state index is 12.5. The van der Waals surface area contributed by atoms with Crippen molar-refractivity contribution in [3.8, 4) is 22.7 Å². The average Bonchev–Trinajstić information content (AvgIpc) is 3.36. The average molecular weight is 375 g/mol. The quantitative estimate of drug-likeness (QED) is 0.571. The molecule has 4 heterocycles. The fraction of sp³-hybridized carbons (Fsp3) is 0.133. The van der Waals surface area contributed by atoms with Gasteiger partial charge in [-0.15, -0.1) is 26.6 Å². The minimum Gasteiger partial charge on any atom is -0.415 e. The molecule has 0 aromatic carbocycles. The Bertz CT molecular complexity index is 1020. The molecular formula is C15H11F2N7OS. The van der Waals surface area contributed by atoms with E-state index in [0.29, 0.717) is 23.6 Å². The van der Waals surface area contributed by atoms with Gasteiger partial charge in [0.15, 0.2) is 0 Å². The molecule has 0 saturated carbocycles. The molecule has 0 unspecified atom stereocenters. The molecule has 0 amide bonds. The van der Waals surface area contributed by atoms with E-state index in [1.807, 2.05) is 6.07 Å². The van der Waals surface area contributed by atoms with Gasteiger partial charge in [0.05, 0.1) is 12.7 Å². The lowest BCUT2D eigenvalue weighted by Gasteiger charge is -1.96. The third-order valence-electron chi connectivity index (χ3n) is 3.47. The van der Waals surface area contributed by atoms with E-state index in [1.165, 1.54) is 11.3 Å². The van der Waals surface area contributed by atoms with E-state index in [9.17, 15) is 8.78 Å². The summed E-state index contributed by atoms with van der Waals surface area (Å²) in [7, 11) is 0. The molecule has 8 nitrogen and oxygen atoms in total. The first-order chi connectivity index (χ1) is 12.6. The standard InChI is InChI=1S/C15H11F2N7OS/c16-13(17)15-22-21-14(25-15)9-3-10(26-7-9)5-24-6-11(20-23-24)8-1-2-12(18)19-4-8/h1-4,6-7,13H,5H2,(H2,18,19). The Morgan fingerprint density at radius 3 is 2.81 bits per heavy atom. The highest BCUT2D eigenvalue weighted by Gasteiger charge is 2.18. The number of hydrogen-bond acceptors (Lipinski definition) is 8. The molecular weight excluding hydrogens is 364 g/mol. The second-order valence-corrected chi connectivity index (χ2v) is 6.32. The van der Waals surface area contributed by atoms with Crippen LogP contribution in [-0.2, 0) is 6.54 Å². The minimum atomic E-state index is -2.79. The normalized spacial score (nSPS) is 11.3. The van der Waals surface area contributed by atoms with Crippen molar-refractivity contribution < 1.29 is 13.2 Å². The van der Waals surface area contributed by atoms with Gasteiger partial charge in [0, 0.05) is 27.6 Å². The second kappa shape index (κ2) is 6.59. The van der Waals surface area contributed by atoms with E-state index in [4.69, 9.17) is 10.2 Å². The number of nitrogens with zero attached hydrogens (tertiary/aromatic N) is 6. The molecule has 0 saturated heterocycles. The summed E-state index contributed by atoms with van der Waals surface area (Å²) >= 11 is 1.43. The van der Waals surface area contributed by atoms with Crippen LogP contribution in [0.3, 0.4) is 0 Å². The Morgan fingerprint density at radius 2 is 2.08 bits per heavy atom. The summed E-state index contributed by atoms with van der Waals surface area (Å²) in [5, 5.41) is 16.9. The van der Waals surface area contributed by atoms with Gasteiger partial charge in [-0.3, -0.25) is 0 Å². The summed E-state index contributed by atoms with van der Waals surface area (Å²) in [5.41, 5.74) is 7.64. The van der Waals surface area contributed by atoms with Crippen molar-refractivity contribution in [2.45, 2.75) is 13.0 Å². The van der Waals surface area contributed by atoms with Crippen molar-refractivity contribution in [2.75, 3.05) is 5.73 Å². The summed E-state index contributed by atoms with van der Waals surface area (Å²) in [6.07, 6.45) is 0.628. The molecule has 4 aromatic heterocycles. The van der Waals surface area contributed by atoms with E-state index in [-0.39, 0.29) is 5.89 Å². The number of rotatable bonds is 5. The third-order valence-corrected chi connectivity index (χ3v) is 4.39. The van der Waals surface area contributed by atoms with Gasteiger partial charge in [0.25, 0.3) is 5.89 Å². The Morgan fingerprint density at radius 1 is 1.19 bits per heavy atom. The third kappa shape index (κ3) is 3.28. The summed E-state index contributed by atoms with van der Waals surface area (Å²) in [6, 6.07) is 5.30. The molecule has 0 atom stereocenters. The van der Waals surface area contributed by atoms with E-state index in [0.717, 1.165) is 10.4 Å². The monoisotopic (exact) mass is 375 g/mol. The van der Waals surface area contributed by atoms with Gasteiger partial charge in [0.1, 0.15) is 11.5 Å². The molecule has 132 valence electrons. The van der Waals surface area contributed by atoms with Crippen LogP contribution < -0.4 is 5.73 Å². The lowest BCUT2D eigenvalue weighted by molar-refractivity contribution is 0.116. The SMILES string of the molecule is Nc1ccc(-c2cn(Cc3cc(-c4nnc(C(F)F)o4)cs3)nn2)cn1. The zero-order valence-electron chi connectivity index (χ0n) is 13.1. The van der Waals surface area contributed by atoms with Crippen molar-refractivity contribution in [1.82, 2.24) is 30.2 Å². The van der Waals surface area contributed by atoms with Crippen molar-refractivity contribution in [3.63, 3.8) is 0 Å². The summed E-state index contributed by atoms with van der Waals surface area (Å²) < 4.78 is 31.7. The van der Waals surface area contributed by atoms with Crippen LogP contribution in [0.4, 0.5) is 14.6 Å². The Hall–Kier alpha value is -3.21. The molecule has 4 aromatic rings. The van der Waals surface area contributed by atoms with Gasteiger partial charge in [0.2, 0.25) is 5.89 Å². The number of pyridine rings is 1. The number of anilines is 1. The molecule has 0 radical (unpaired) electrons. The number of nitrogens with two attached hydrogens (primary N) is 1. The molecule has 0 aliphatic heterocycles. The lowest BCUT2D eigenvalue weighted by atomic mass is 10.2. The smallest absolute Gasteiger partial charge is 0.314 e. The molecule has 0 aliphatic rings. The van der Waals surface area contributed by atoms with E-state index >= 15 is 0 Å². The number of aromatic nitrogens is 6. The summed E-state index contributed by atoms with van der Waals surface area (Å²) in [6.45, 7) is 0.468. The highest BCUT2D eigenvalue weighted by atomic mass is 32.1. The number of alkyl halides is 2. The van der Waals surface area contributed by atoms with Crippen LogP contribution in [0, 0.1) is 0 Å². The van der Waals surface area contributed by atoms with Crippen LogP contribution in [-0.4, -0.2) is 30.2 Å².